The molecule has 6 nitrogen and oxygen atoms in total. The number of aromatic amines is 1. The minimum Gasteiger partial charge on any atom is -0.481 e. The number of amides is 1. The highest BCUT2D eigenvalue weighted by Gasteiger charge is 2.50. The molecule has 1 heterocycles. The zero-order valence-corrected chi connectivity index (χ0v) is 12.3. The van der Waals surface area contributed by atoms with Gasteiger partial charge in [-0.2, -0.15) is 18.3 Å². The first-order valence-electron chi connectivity index (χ1n) is 7.34. The second-order valence-electron chi connectivity index (χ2n) is 6.32. The number of nitrogens with zero attached hydrogens (tertiary/aromatic N) is 1. The van der Waals surface area contributed by atoms with E-state index >= 15 is 0 Å². The van der Waals surface area contributed by atoms with E-state index in [0.717, 1.165) is 0 Å². The number of nitrogens with one attached hydrogen (secondary N) is 2. The lowest BCUT2D eigenvalue weighted by molar-refractivity contribution is -0.142. The van der Waals surface area contributed by atoms with Crippen LogP contribution >= 0.6 is 0 Å². The highest BCUT2D eigenvalue weighted by atomic mass is 19.4. The van der Waals surface area contributed by atoms with Crippen molar-refractivity contribution in [3.05, 3.63) is 17.0 Å². The lowest BCUT2D eigenvalue weighted by Gasteiger charge is -2.40. The molecule has 2 aliphatic carbocycles. The molecule has 0 aliphatic heterocycles. The van der Waals surface area contributed by atoms with Crippen LogP contribution in [0.15, 0.2) is 0 Å². The normalized spacial score (nSPS) is 29.7. The highest BCUT2D eigenvalue weighted by Crippen LogP contribution is 2.49. The molecule has 4 atom stereocenters. The number of aliphatic carboxylic acids is 1. The van der Waals surface area contributed by atoms with E-state index in [-0.39, 0.29) is 29.1 Å². The number of hydrogen-bond acceptors (Lipinski definition) is 3. The summed E-state index contributed by atoms with van der Waals surface area (Å²) in [6, 6.07) is -0.192. The number of hydrogen-bond donors (Lipinski definition) is 3. The Morgan fingerprint density at radius 3 is 2.57 bits per heavy atom. The fourth-order valence-corrected chi connectivity index (χ4v) is 3.73. The van der Waals surface area contributed by atoms with Gasteiger partial charge in [0, 0.05) is 11.6 Å². The Labute approximate surface area is 129 Å². The van der Waals surface area contributed by atoms with Gasteiger partial charge >= 0.3 is 12.1 Å². The number of carbonyl (C=O) groups excluding carboxylic acids is 1. The van der Waals surface area contributed by atoms with Crippen LogP contribution in [0.25, 0.3) is 0 Å². The molecular weight excluding hydrogens is 315 g/mol. The first kappa shape index (κ1) is 15.8. The number of carboxylic acid groups (broad SMARTS) is 1. The summed E-state index contributed by atoms with van der Waals surface area (Å²) in [4.78, 5) is 23.1. The van der Waals surface area contributed by atoms with Crippen LogP contribution in [0.2, 0.25) is 0 Å². The Hall–Kier alpha value is -2.06. The van der Waals surface area contributed by atoms with Gasteiger partial charge in [-0.05, 0) is 38.0 Å². The molecule has 2 fully saturated rings. The van der Waals surface area contributed by atoms with Crippen LogP contribution in [0.4, 0.5) is 13.2 Å². The molecule has 2 saturated carbocycles. The number of fused-ring (bicyclic) bond motifs is 1. The molecule has 3 N–H and O–H groups in total. The minimum absolute atomic E-state index is 0.0846. The van der Waals surface area contributed by atoms with Gasteiger partial charge in [0.2, 0.25) is 0 Å². The van der Waals surface area contributed by atoms with Crippen molar-refractivity contribution in [1.29, 1.82) is 0 Å². The van der Waals surface area contributed by atoms with E-state index in [1.807, 2.05) is 5.10 Å². The Kier molecular flexibility index (Phi) is 3.61. The van der Waals surface area contributed by atoms with Crippen molar-refractivity contribution >= 4 is 11.9 Å². The number of rotatable bonds is 3. The summed E-state index contributed by atoms with van der Waals surface area (Å²) in [6.07, 6.45) is -2.82. The average molecular weight is 331 g/mol. The summed E-state index contributed by atoms with van der Waals surface area (Å²) >= 11 is 0. The molecule has 1 aromatic rings. The summed E-state index contributed by atoms with van der Waals surface area (Å²) in [6.45, 7) is 1.20. The Morgan fingerprint density at radius 1 is 1.30 bits per heavy atom. The molecular formula is C14H16F3N3O3. The maximum Gasteiger partial charge on any atom is 0.433 e. The SMILES string of the molecule is Cc1c(C(=O)N[C@@H]2C[C@@H]3CC(C(=O)O)C[C@@H]32)n[nH]c1C(F)(F)F. The second kappa shape index (κ2) is 5.24. The molecule has 0 aromatic carbocycles. The topological polar surface area (TPSA) is 95.1 Å². The van der Waals surface area contributed by atoms with Crippen LogP contribution in [0, 0.1) is 24.7 Å². The van der Waals surface area contributed by atoms with E-state index in [1.165, 1.54) is 6.92 Å². The molecule has 3 rings (SSSR count). The quantitative estimate of drug-likeness (QED) is 0.789. The number of H-pyrrole nitrogens is 1. The molecule has 0 spiro atoms. The van der Waals surface area contributed by atoms with Crippen LogP contribution in [-0.4, -0.2) is 33.2 Å². The van der Waals surface area contributed by atoms with Crippen molar-refractivity contribution in [3.8, 4) is 0 Å². The number of halogens is 3. The third kappa shape index (κ3) is 2.68. The smallest absolute Gasteiger partial charge is 0.433 e. The van der Waals surface area contributed by atoms with Gasteiger partial charge in [0.05, 0.1) is 5.92 Å². The van der Waals surface area contributed by atoms with Crippen LogP contribution < -0.4 is 5.32 Å². The summed E-state index contributed by atoms with van der Waals surface area (Å²) in [5.74, 6) is -1.52. The zero-order chi connectivity index (χ0) is 16.9. The fourth-order valence-electron chi connectivity index (χ4n) is 3.73. The summed E-state index contributed by atoms with van der Waals surface area (Å²) < 4.78 is 38.1. The van der Waals surface area contributed by atoms with Gasteiger partial charge < -0.3 is 10.4 Å². The predicted octanol–water partition coefficient (Wildman–Crippen LogP) is 1.97. The second-order valence-corrected chi connectivity index (χ2v) is 6.32. The monoisotopic (exact) mass is 331 g/mol. The van der Waals surface area contributed by atoms with Crippen molar-refractivity contribution in [1.82, 2.24) is 15.5 Å². The van der Waals surface area contributed by atoms with Crippen molar-refractivity contribution in [2.24, 2.45) is 17.8 Å². The van der Waals surface area contributed by atoms with E-state index in [1.54, 1.807) is 0 Å². The van der Waals surface area contributed by atoms with Gasteiger partial charge in [0.25, 0.3) is 5.91 Å². The van der Waals surface area contributed by atoms with Gasteiger partial charge in [0.15, 0.2) is 5.69 Å². The number of aromatic nitrogens is 2. The van der Waals surface area contributed by atoms with Crippen molar-refractivity contribution in [3.63, 3.8) is 0 Å². The van der Waals surface area contributed by atoms with Crippen LogP contribution in [-0.2, 0) is 11.0 Å². The van der Waals surface area contributed by atoms with E-state index in [2.05, 4.69) is 10.4 Å². The first-order chi connectivity index (χ1) is 10.7. The van der Waals surface area contributed by atoms with Crippen LogP contribution in [0.5, 0.6) is 0 Å². The highest BCUT2D eigenvalue weighted by molar-refractivity contribution is 5.94. The molecule has 1 unspecified atom stereocenters. The van der Waals surface area contributed by atoms with E-state index in [9.17, 15) is 22.8 Å². The van der Waals surface area contributed by atoms with Gasteiger partial charge in [-0.3, -0.25) is 14.7 Å². The van der Waals surface area contributed by atoms with Crippen LogP contribution in [0.1, 0.15) is 41.0 Å². The summed E-state index contributed by atoms with van der Waals surface area (Å²) in [5.41, 5.74) is -1.53. The molecule has 0 bridgehead atoms. The van der Waals surface area contributed by atoms with Gasteiger partial charge in [-0.1, -0.05) is 0 Å². The fraction of sp³-hybridized carbons (Fsp3) is 0.643. The van der Waals surface area contributed by atoms with Crippen molar-refractivity contribution < 1.29 is 27.9 Å². The first-order valence-corrected chi connectivity index (χ1v) is 7.34. The molecule has 0 radical (unpaired) electrons. The molecule has 23 heavy (non-hydrogen) atoms. The lowest BCUT2D eigenvalue weighted by atomic mass is 9.71. The zero-order valence-electron chi connectivity index (χ0n) is 12.3. The number of carboxylic acids is 1. The number of carbonyl (C=O) groups is 2. The Balaban J connectivity index is 1.65. The molecule has 2 aliphatic rings. The van der Waals surface area contributed by atoms with E-state index < -0.39 is 29.7 Å². The molecule has 1 amide bonds. The van der Waals surface area contributed by atoms with Crippen LogP contribution in [0.3, 0.4) is 0 Å². The Morgan fingerprint density at radius 2 is 2.00 bits per heavy atom. The van der Waals surface area contributed by atoms with Crippen molar-refractivity contribution in [2.75, 3.05) is 0 Å². The predicted molar refractivity (Wildman–Crippen MR) is 71.5 cm³/mol. The summed E-state index contributed by atoms with van der Waals surface area (Å²) in [7, 11) is 0. The largest absolute Gasteiger partial charge is 0.481 e. The van der Waals surface area contributed by atoms with Gasteiger partial charge in [-0.15, -0.1) is 0 Å². The van der Waals surface area contributed by atoms with Gasteiger partial charge in [-0.25, -0.2) is 0 Å². The standard InChI is InChI=1S/C14H16F3N3O3/c1-5-10(19-20-11(5)14(15,16)17)12(21)18-9-4-6-2-7(13(22)23)3-8(6)9/h6-9H,2-4H2,1H3,(H,18,21)(H,19,20)(H,22,23)/t6-,7?,8-,9+/m0/s1. The Bertz CT molecular complexity index is 655. The third-order valence-electron chi connectivity index (χ3n) is 5.00. The summed E-state index contributed by atoms with van der Waals surface area (Å²) in [5, 5.41) is 17.0. The lowest BCUT2D eigenvalue weighted by Crippen LogP contribution is -2.50. The molecule has 9 heteroatoms. The van der Waals surface area contributed by atoms with Gasteiger partial charge in [0.1, 0.15) is 5.69 Å². The molecule has 126 valence electrons. The number of alkyl halides is 3. The molecule has 0 saturated heterocycles. The third-order valence-corrected chi connectivity index (χ3v) is 5.00. The van der Waals surface area contributed by atoms with E-state index in [0.29, 0.717) is 19.3 Å². The average Bonchev–Trinajstić information content (AvgIpc) is 2.96. The van der Waals surface area contributed by atoms with Crippen molar-refractivity contribution in [2.45, 2.75) is 38.4 Å². The molecule has 1 aromatic heterocycles. The maximum absolute atomic E-state index is 12.7. The maximum atomic E-state index is 12.7. The van der Waals surface area contributed by atoms with E-state index in [4.69, 9.17) is 5.11 Å². The minimum atomic E-state index is -4.59.